The first-order valence-corrected chi connectivity index (χ1v) is 5.15. The van der Waals surface area contributed by atoms with Crippen LogP contribution in [0.2, 0.25) is 10.0 Å². The van der Waals surface area contributed by atoms with Crippen LogP contribution in [-0.2, 0) is 4.79 Å². The SMILES string of the molecule is O=C(O)CCCOc1ccc(Cl)cc1Cl.[K]. The molecule has 0 unspecified atom stereocenters. The predicted molar refractivity (Wildman–Crippen MR) is 64.6 cm³/mol. The van der Waals surface area contributed by atoms with E-state index in [1.54, 1.807) is 18.2 Å². The minimum atomic E-state index is -0.833. The number of hydrogen-bond donors (Lipinski definition) is 1. The Labute approximate surface area is 146 Å². The third kappa shape index (κ3) is 6.44. The van der Waals surface area contributed by atoms with Crippen LogP contribution >= 0.6 is 23.2 Å². The molecule has 0 aliphatic heterocycles. The van der Waals surface area contributed by atoms with Gasteiger partial charge in [0, 0.05) is 62.8 Å². The summed E-state index contributed by atoms with van der Waals surface area (Å²) >= 11 is 11.5. The number of halogens is 2. The molecule has 0 atom stereocenters. The molecule has 1 N–H and O–H groups in total. The van der Waals surface area contributed by atoms with Crippen molar-refractivity contribution in [3.8, 4) is 5.75 Å². The van der Waals surface area contributed by atoms with Crippen LogP contribution < -0.4 is 4.74 Å². The monoisotopic (exact) mass is 287 g/mol. The van der Waals surface area contributed by atoms with E-state index in [1.807, 2.05) is 0 Å². The zero-order valence-corrected chi connectivity index (χ0v) is 13.5. The molecule has 0 saturated carbocycles. The molecule has 0 spiro atoms. The molecule has 0 fully saturated rings. The second-order valence-electron chi connectivity index (χ2n) is 2.92. The van der Waals surface area contributed by atoms with Crippen molar-refractivity contribution in [1.29, 1.82) is 0 Å². The van der Waals surface area contributed by atoms with Gasteiger partial charge in [-0.3, -0.25) is 4.79 Å². The number of ether oxygens (including phenoxy) is 1. The molecule has 0 bridgehead atoms. The number of carboxylic acids is 1. The van der Waals surface area contributed by atoms with Gasteiger partial charge in [-0.2, -0.15) is 0 Å². The molecule has 0 aromatic heterocycles. The standard InChI is InChI=1S/C10H10Cl2O3.K/c11-7-3-4-9(8(12)6-7)15-5-1-2-10(13)14;/h3-4,6H,1-2,5H2,(H,13,14);. The molecule has 6 heteroatoms. The smallest absolute Gasteiger partial charge is 0.303 e. The molecule has 1 aromatic rings. The summed E-state index contributed by atoms with van der Waals surface area (Å²) in [5, 5.41) is 9.37. The zero-order valence-electron chi connectivity index (χ0n) is 8.87. The molecule has 83 valence electrons. The molecule has 0 aliphatic carbocycles. The number of hydrogen-bond acceptors (Lipinski definition) is 2. The average molecular weight is 288 g/mol. The average Bonchev–Trinajstić information content (AvgIpc) is 2.14. The Morgan fingerprint density at radius 2 is 2.06 bits per heavy atom. The van der Waals surface area contributed by atoms with Crippen molar-refractivity contribution in [1.82, 2.24) is 0 Å². The Kier molecular flexibility index (Phi) is 9.13. The summed E-state index contributed by atoms with van der Waals surface area (Å²) < 4.78 is 5.29. The Morgan fingerprint density at radius 1 is 1.38 bits per heavy atom. The molecule has 3 nitrogen and oxygen atoms in total. The molecule has 1 radical (unpaired) electrons. The summed E-state index contributed by atoms with van der Waals surface area (Å²) in [6.07, 6.45) is 0.541. The van der Waals surface area contributed by atoms with Crippen LogP contribution in [0.25, 0.3) is 0 Å². The van der Waals surface area contributed by atoms with Gasteiger partial charge in [0.1, 0.15) is 5.75 Å². The third-order valence-corrected chi connectivity index (χ3v) is 2.22. The summed E-state index contributed by atoms with van der Waals surface area (Å²) in [5.74, 6) is -0.313. The maximum atomic E-state index is 10.2. The summed E-state index contributed by atoms with van der Waals surface area (Å²) in [6.45, 7) is 0.327. The minimum Gasteiger partial charge on any atom is -0.492 e. The van der Waals surface area contributed by atoms with Crippen LogP contribution in [0.5, 0.6) is 5.75 Å². The van der Waals surface area contributed by atoms with Crippen molar-refractivity contribution in [2.24, 2.45) is 0 Å². The van der Waals surface area contributed by atoms with E-state index >= 15 is 0 Å². The van der Waals surface area contributed by atoms with Crippen molar-refractivity contribution in [2.75, 3.05) is 6.61 Å². The summed E-state index contributed by atoms with van der Waals surface area (Å²) in [5.41, 5.74) is 0. The van der Waals surface area contributed by atoms with Crippen molar-refractivity contribution in [2.45, 2.75) is 12.8 Å². The minimum absolute atomic E-state index is 0. The van der Waals surface area contributed by atoms with Gasteiger partial charge >= 0.3 is 5.97 Å². The number of benzene rings is 1. The molecule has 0 saturated heterocycles. The van der Waals surface area contributed by atoms with Gasteiger partial charge < -0.3 is 9.84 Å². The first kappa shape index (κ1) is 16.7. The molecule has 1 rings (SSSR count). The van der Waals surface area contributed by atoms with Gasteiger partial charge in [0.05, 0.1) is 11.6 Å². The number of carboxylic acid groups (broad SMARTS) is 1. The van der Waals surface area contributed by atoms with Crippen LogP contribution in [0.15, 0.2) is 18.2 Å². The number of aliphatic carboxylic acids is 1. The second kappa shape index (κ2) is 8.75. The van der Waals surface area contributed by atoms with E-state index in [0.29, 0.717) is 28.8 Å². The molecule has 1 aromatic carbocycles. The Hall–Kier alpha value is 0.706. The number of rotatable bonds is 5. The number of carbonyl (C=O) groups is 1. The summed E-state index contributed by atoms with van der Waals surface area (Å²) in [7, 11) is 0. The first-order chi connectivity index (χ1) is 7.09. The van der Waals surface area contributed by atoms with E-state index in [-0.39, 0.29) is 57.8 Å². The van der Waals surface area contributed by atoms with Crippen LogP contribution in [0.4, 0.5) is 0 Å². The van der Waals surface area contributed by atoms with Crippen LogP contribution in [0, 0.1) is 0 Å². The molecule has 0 amide bonds. The quantitative estimate of drug-likeness (QED) is 0.669. The van der Waals surface area contributed by atoms with E-state index in [1.165, 1.54) is 0 Å². The van der Waals surface area contributed by atoms with E-state index < -0.39 is 5.97 Å². The molecular weight excluding hydrogens is 278 g/mol. The maximum absolute atomic E-state index is 10.2. The van der Waals surface area contributed by atoms with Gasteiger partial charge in [-0.25, -0.2) is 0 Å². The summed E-state index contributed by atoms with van der Waals surface area (Å²) in [6, 6.07) is 4.90. The fraction of sp³-hybridized carbons (Fsp3) is 0.300. The van der Waals surface area contributed by atoms with Gasteiger partial charge in [-0.05, 0) is 24.6 Å². The molecule has 0 aliphatic rings. The fourth-order valence-electron chi connectivity index (χ4n) is 0.998. The van der Waals surface area contributed by atoms with Crippen LogP contribution in [-0.4, -0.2) is 69.1 Å². The first-order valence-electron chi connectivity index (χ1n) is 4.39. The zero-order chi connectivity index (χ0) is 11.3. The molecular formula is C10H10Cl2KO3. The molecule has 0 heterocycles. The van der Waals surface area contributed by atoms with Crippen molar-refractivity contribution < 1.29 is 14.6 Å². The Bertz CT molecular complexity index is 358. The Balaban J connectivity index is 0.00000225. The van der Waals surface area contributed by atoms with Crippen LogP contribution in [0.3, 0.4) is 0 Å². The fourth-order valence-corrected chi connectivity index (χ4v) is 1.46. The third-order valence-electron chi connectivity index (χ3n) is 1.69. The van der Waals surface area contributed by atoms with E-state index in [4.69, 9.17) is 33.0 Å². The van der Waals surface area contributed by atoms with Crippen molar-refractivity contribution in [3.63, 3.8) is 0 Å². The van der Waals surface area contributed by atoms with E-state index in [9.17, 15) is 4.79 Å². The molecule has 16 heavy (non-hydrogen) atoms. The van der Waals surface area contributed by atoms with Gasteiger partial charge in [-0.15, -0.1) is 0 Å². The largest absolute Gasteiger partial charge is 0.492 e. The topological polar surface area (TPSA) is 46.5 Å². The van der Waals surface area contributed by atoms with E-state index in [2.05, 4.69) is 0 Å². The van der Waals surface area contributed by atoms with Gasteiger partial charge in [0.15, 0.2) is 0 Å². The summed E-state index contributed by atoms with van der Waals surface area (Å²) in [4.78, 5) is 10.2. The maximum Gasteiger partial charge on any atom is 0.303 e. The van der Waals surface area contributed by atoms with Crippen molar-refractivity contribution in [3.05, 3.63) is 28.2 Å². The van der Waals surface area contributed by atoms with Crippen LogP contribution in [0.1, 0.15) is 12.8 Å². The second-order valence-corrected chi connectivity index (χ2v) is 3.76. The normalized spacial score (nSPS) is 9.38. The van der Waals surface area contributed by atoms with Crippen molar-refractivity contribution >= 4 is 80.6 Å². The Morgan fingerprint density at radius 3 is 2.62 bits per heavy atom. The van der Waals surface area contributed by atoms with Gasteiger partial charge in [0.25, 0.3) is 0 Å². The van der Waals surface area contributed by atoms with E-state index in [0.717, 1.165) is 0 Å². The van der Waals surface area contributed by atoms with Gasteiger partial charge in [-0.1, -0.05) is 23.2 Å². The predicted octanol–water partition coefficient (Wildman–Crippen LogP) is 2.86. The van der Waals surface area contributed by atoms with Gasteiger partial charge in [0.2, 0.25) is 0 Å².